The summed E-state index contributed by atoms with van der Waals surface area (Å²) in [6.07, 6.45) is 6.82. The van der Waals surface area contributed by atoms with Gasteiger partial charge in [0, 0.05) is 31.6 Å². The lowest BCUT2D eigenvalue weighted by atomic mass is 9.97. The van der Waals surface area contributed by atoms with Crippen LogP contribution in [-0.4, -0.2) is 50.2 Å². The van der Waals surface area contributed by atoms with Crippen LogP contribution in [0, 0.1) is 0 Å². The van der Waals surface area contributed by atoms with E-state index in [0.29, 0.717) is 19.0 Å². The highest BCUT2D eigenvalue weighted by Gasteiger charge is 2.23. The molecule has 0 unspecified atom stereocenters. The topological polar surface area (TPSA) is 78.8 Å². The second kappa shape index (κ2) is 6.16. The number of fused-ring (bicyclic) bond motifs is 1. The minimum absolute atomic E-state index is 0.113. The standard InChI is InChI=1S/C16H22N6O/c23-16(21-6-3-14-15(9-21)19-11-18-14)10-22-7-4-13(20-22)12-2-1-5-17-8-12/h4,7,11-12,17H,1-3,5-6,8-10H2,(H,18,19)/t12-/m0/s1. The van der Waals surface area contributed by atoms with E-state index in [1.54, 1.807) is 11.0 Å². The molecule has 0 aromatic carbocycles. The van der Waals surface area contributed by atoms with E-state index in [-0.39, 0.29) is 5.91 Å². The Morgan fingerprint density at radius 2 is 2.39 bits per heavy atom. The Hall–Kier alpha value is -2.15. The fourth-order valence-corrected chi connectivity index (χ4v) is 3.45. The van der Waals surface area contributed by atoms with Crippen LogP contribution in [0.5, 0.6) is 0 Å². The van der Waals surface area contributed by atoms with Gasteiger partial charge in [-0.1, -0.05) is 0 Å². The first kappa shape index (κ1) is 14.4. The summed E-state index contributed by atoms with van der Waals surface area (Å²) in [5, 5.41) is 8.02. The molecule has 1 atom stereocenters. The van der Waals surface area contributed by atoms with Crippen molar-refractivity contribution in [2.24, 2.45) is 0 Å². The quantitative estimate of drug-likeness (QED) is 0.872. The van der Waals surface area contributed by atoms with E-state index in [2.05, 4.69) is 20.4 Å². The van der Waals surface area contributed by atoms with Crippen LogP contribution >= 0.6 is 0 Å². The number of hydrogen-bond acceptors (Lipinski definition) is 4. The zero-order valence-electron chi connectivity index (χ0n) is 13.2. The third kappa shape index (κ3) is 3.01. The van der Waals surface area contributed by atoms with E-state index in [1.165, 1.54) is 12.8 Å². The molecule has 4 heterocycles. The second-order valence-electron chi connectivity index (χ2n) is 6.37. The first-order chi connectivity index (χ1) is 11.3. The number of hydrogen-bond donors (Lipinski definition) is 2. The van der Waals surface area contributed by atoms with Crippen LogP contribution in [0.25, 0.3) is 0 Å². The van der Waals surface area contributed by atoms with Gasteiger partial charge in [-0.15, -0.1) is 0 Å². The van der Waals surface area contributed by atoms with Crippen molar-refractivity contribution in [3.05, 3.63) is 35.7 Å². The first-order valence-corrected chi connectivity index (χ1v) is 8.32. The van der Waals surface area contributed by atoms with Gasteiger partial charge >= 0.3 is 0 Å². The molecular weight excluding hydrogens is 292 g/mol. The van der Waals surface area contributed by atoms with E-state index in [0.717, 1.165) is 43.1 Å². The van der Waals surface area contributed by atoms with Crippen LogP contribution in [0.15, 0.2) is 18.6 Å². The normalized spacial score (nSPS) is 21.2. The number of nitrogens with one attached hydrogen (secondary N) is 2. The molecule has 0 radical (unpaired) electrons. The summed E-state index contributed by atoms with van der Waals surface area (Å²) >= 11 is 0. The van der Waals surface area contributed by atoms with Gasteiger partial charge in [0.1, 0.15) is 6.54 Å². The summed E-state index contributed by atoms with van der Waals surface area (Å²) in [7, 11) is 0. The van der Waals surface area contributed by atoms with Gasteiger partial charge in [0.2, 0.25) is 5.91 Å². The number of carbonyl (C=O) groups excluding carboxylic acids is 1. The van der Waals surface area contributed by atoms with Crippen LogP contribution in [0.3, 0.4) is 0 Å². The van der Waals surface area contributed by atoms with Crippen molar-refractivity contribution in [3.8, 4) is 0 Å². The number of carbonyl (C=O) groups is 1. The van der Waals surface area contributed by atoms with Crippen LogP contribution in [-0.2, 0) is 24.3 Å². The lowest BCUT2D eigenvalue weighted by Gasteiger charge is -2.26. The minimum Gasteiger partial charge on any atom is -0.347 e. The number of nitrogens with zero attached hydrogens (tertiary/aromatic N) is 4. The average Bonchev–Trinajstić information content (AvgIpc) is 3.24. The van der Waals surface area contributed by atoms with Gasteiger partial charge in [0.15, 0.2) is 0 Å². The molecule has 122 valence electrons. The van der Waals surface area contributed by atoms with Crippen molar-refractivity contribution in [1.29, 1.82) is 0 Å². The predicted octanol–water partition coefficient (Wildman–Crippen LogP) is 0.658. The van der Waals surface area contributed by atoms with Gasteiger partial charge < -0.3 is 15.2 Å². The number of rotatable bonds is 3. The largest absolute Gasteiger partial charge is 0.347 e. The van der Waals surface area contributed by atoms with Gasteiger partial charge in [-0.2, -0.15) is 5.10 Å². The molecule has 1 amide bonds. The Bertz CT molecular complexity index is 684. The SMILES string of the molecule is O=C(Cn1ccc([C@H]2CCCNC2)n1)N1CCc2nc[nH]c2C1. The predicted molar refractivity (Wildman–Crippen MR) is 84.8 cm³/mol. The molecule has 1 fully saturated rings. The zero-order valence-corrected chi connectivity index (χ0v) is 13.2. The Labute approximate surface area is 135 Å². The maximum Gasteiger partial charge on any atom is 0.244 e. The van der Waals surface area contributed by atoms with Crippen LogP contribution < -0.4 is 5.32 Å². The zero-order chi connectivity index (χ0) is 15.6. The van der Waals surface area contributed by atoms with E-state index in [9.17, 15) is 4.79 Å². The molecule has 2 N–H and O–H groups in total. The molecule has 7 nitrogen and oxygen atoms in total. The van der Waals surface area contributed by atoms with Crippen molar-refractivity contribution < 1.29 is 4.79 Å². The average molecular weight is 314 g/mol. The Morgan fingerprint density at radius 1 is 1.43 bits per heavy atom. The van der Waals surface area contributed by atoms with Crippen LogP contribution in [0.4, 0.5) is 0 Å². The van der Waals surface area contributed by atoms with E-state index >= 15 is 0 Å². The third-order valence-corrected chi connectivity index (χ3v) is 4.80. The highest BCUT2D eigenvalue weighted by Crippen LogP contribution is 2.21. The Morgan fingerprint density at radius 3 is 3.26 bits per heavy atom. The van der Waals surface area contributed by atoms with Crippen molar-refractivity contribution in [1.82, 2.24) is 30.0 Å². The molecule has 1 saturated heterocycles. The molecule has 0 saturated carbocycles. The van der Waals surface area contributed by atoms with E-state index in [4.69, 9.17) is 0 Å². The summed E-state index contributed by atoms with van der Waals surface area (Å²) in [6, 6.07) is 2.05. The van der Waals surface area contributed by atoms with Gasteiger partial charge in [-0.3, -0.25) is 9.48 Å². The lowest BCUT2D eigenvalue weighted by molar-refractivity contribution is -0.133. The summed E-state index contributed by atoms with van der Waals surface area (Å²) in [5.74, 6) is 0.587. The number of aromatic nitrogens is 4. The summed E-state index contributed by atoms with van der Waals surface area (Å²) in [4.78, 5) is 21.8. The third-order valence-electron chi connectivity index (χ3n) is 4.80. The molecular formula is C16H22N6O. The molecule has 0 aliphatic carbocycles. The van der Waals surface area contributed by atoms with Crippen molar-refractivity contribution >= 4 is 5.91 Å². The molecule has 2 aliphatic heterocycles. The first-order valence-electron chi connectivity index (χ1n) is 8.32. The van der Waals surface area contributed by atoms with Crippen molar-refractivity contribution in [2.75, 3.05) is 19.6 Å². The van der Waals surface area contributed by atoms with Gasteiger partial charge in [-0.25, -0.2) is 4.98 Å². The van der Waals surface area contributed by atoms with Crippen molar-refractivity contribution in [3.63, 3.8) is 0 Å². The monoisotopic (exact) mass is 314 g/mol. The highest BCUT2D eigenvalue weighted by molar-refractivity contribution is 5.76. The molecule has 2 aromatic heterocycles. The summed E-state index contributed by atoms with van der Waals surface area (Å²) in [6.45, 7) is 3.75. The molecule has 2 aromatic rings. The number of amides is 1. The maximum absolute atomic E-state index is 12.5. The number of H-pyrrole nitrogens is 1. The molecule has 2 aliphatic rings. The molecule has 0 spiro atoms. The fraction of sp³-hybridized carbons (Fsp3) is 0.562. The summed E-state index contributed by atoms with van der Waals surface area (Å²) in [5.41, 5.74) is 3.23. The van der Waals surface area contributed by atoms with Gasteiger partial charge in [0.25, 0.3) is 0 Å². The smallest absolute Gasteiger partial charge is 0.244 e. The molecule has 4 rings (SSSR count). The van der Waals surface area contributed by atoms with E-state index in [1.807, 2.05) is 17.2 Å². The van der Waals surface area contributed by atoms with Crippen LogP contribution in [0.1, 0.15) is 35.8 Å². The van der Waals surface area contributed by atoms with Crippen LogP contribution in [0.2, 0.25) is 0 Å². The fourth-order valence-electron chi connectivity index (χ4n) is 3.45. The number of aromatic amines is 1. The highest BCUT2D eigenvalue weighted by atomic mass is 16.2. The Balaban J connectivity index is 1.38. The minimum atomic E-state index is 0.113. The van der Waals surface area contributed by atoms with Gasteiger partial charge in [0.05, 0.1) is 30.0 Å². The maximum atomic E-state index is 12.5. The lowest BCUT2D eigenvalue weighted by Crippen LogP contribution is -2.38. The molecule has 0 bridgehead atoms. The number of piperidine rings is 1. The summed E-state index contributed by atoms with van der Waals surface area (Å²) < 4.78 is 1.77. The Kier molecular flexibility index (Phi) is 3.87. The molecule has 23 heavy (non-hydrogen) atoms. The second-order valence-corrected chi connectivity index (χ2v) is 6.37. The van der Waals surface area contributed by atoms with Crippen molar-refractivity contribution in [2.45, 2.75) is 38.3 Å². The molecule has 7 heteroatoms. The number of imidazole rings is 1. The van der Waals surface area contributed by atoms with E-state index < -0.39 is 0 Å². The van der Waals surface area contributed by atoms with Gasteiger partial charge in [-0.05, 0) is 25.5 Å².